The van der Waals surface area contributed by atoms with Crippen molar-refractivity contribution >= 4 is 17.7 Å². The van der Waals surface area contributed by atoms with Crippen molar-refractivity contribution in [2.45, 2.75) is 75.5 Å². The molecule has 3 heterocycles. The van der Waals surface area contributed by atoms with Crippen LogP contribution in [0.4, 0.5) is 0 Å². The number of amides is 3. The van der Waals surface area contributed by atoms with Crippen LogP contribution >= 0.6 is 0 Å². The molecular weight excluding hydrogens is 691 g/mol. The zero-order valence-corrected chi connectivity index (χ0v) is 31.3. The van der Waals surface area contributed by atoms with Crippen LogP contribution in [0.2, 0.25) is 0 Å². The molecule has 0 saturated carbocycles. The van der Waals surface area contributed by atoms with E-state index in [4.69, 9.17) is 9.47 Å². The minimum atomic E-state index is -0.412. The first-order valence-corrected chi connectivity index (χ1v) is 19.9. The molecule has 0 spiro atoms. The minimum absolute atomic E-state index is 0.0645. The molecule has 0 bridgehead atoms. The molecule has 9 nitrogen and oxygen atoms in total. The predicted octanol–water partition coefficient (Wildman–Crippen LogP) is 7.85. The van der Waals surface area contributed by atoms with Crippen molar-refractivity contribution in [1.82, 2.24) is 14.9 Å². The van der Waals surface area contributed by atoms with E-state index in [1.165, 1.54) is 38.9 Å². The summed E-state index contributed by atoms with van der Waals surface area (Å²) < 4.78 is 12.3. The highest BCUT2D eigenvalue weighted by Gasteiger charge is 2.38. The average molecular weight is 740 g/mol. The average Bonchev–Trinajstić information content (AvgIpc) is 3.56. The molecule has 4 aromatic rings. The van der Waals surface area contributed by atoms with Gasteiger partial charge in [0.15, 0.2) is 0 Å². The first-order valence-electron chi connectivity index (χ1n) is 19.9. The number of carbonyl (C=O) groups excluding carboxylic acids is 3. The fraction of sp³-hybridized carbons (Fsp3) is 0.370. The molecule has 9 heteroatoms. The van der Waals surface area contributed by atoms with Crippen LogP contribution < -0.4 is 9.47 Å². The van der Waals surface area contributed by atoms with Gasteiger partial charge in [-0.05, 0) is 141 Å². The number of unbranched alkanes of at least 4 members (excludes halogenated alkanes) is 1. The number of phenols is 1. The molecule has 8 rings (SSSR count). The van der Waals surface area contributed by atoms with Gasteiger partial charge in [0.2, 0.25) is 11.8 Å². The molecule has 0 unspecified atom stereocenters. The highest BCUT2D eigenvalue weighted by Crippen LogP contribution is 2.47. The van der Waals surface area contributed by atoms with Gasteiger partial charge < -0.3 is 19.5 Å². The fourth-order valence-electron chi connectivity index (χ4n) is 8.88. The molecule has 2 saturated heterocycles. The molecule has 3 amide bonds. The summed E-state index contributed by atoms with van der Waals surface area (Å²) in [5.74, 6) is 2.25. The monoisotopic (exact) mass is 739 g/mol. The van der Waals surface area contributed by atoms with Crippen LogP contribution in [0.15, 0.2) is 109 Å². The molecule has 4 aliphatic rings. The third-order valence-corrected chi connectivity index (χ3v) is 11.7. The lowest BCUT2D eigenvalue weighted by atomic mass is 9.69. The summed E-state index contributed by atoms with van der Waals surface area (Å²) >= 11 is 0. The molecule has 3 aliphatic heterocycles. The molecule has 1 N–H and O–H groups in total. The van der Waals surface area contributed by atoms with Gasteiger partial charge >= 0.3 is 0 Å². The van der Waals surface area contributed by atoms with Gasteiger partial charge in [0.25, 0.3) is 5.91 Å². The number of rotatable bonds is 12. The molecular formula is C46H49N3O6. The zero-order valence-electron chi connectivity index (χ0n) is 31.3. The summed E-state index contributed by atoms with van der Waals surface area (Å²) in [7, 11) is 0. The Bertz CT molecular complexity index is 2020. The summed E-state index contributed by atoms with van der Waals surface area (Å²) in [5.41, 5.74) is 6.39. The summed E-state index contributed by atoms with van der Waals surface area (Å²) in [6.45, 7) is 3.88. The Labute approximate surface area is 323 Å². The van der Waals surface area contributed by atoms with Crippen LogP contribution in [-0.4, -0.2) is 70.5 Å². The Morgan fingerprint density at radius 1 is 0.709 bits per heavy atom. The number of likely N-dealkylation sites (tertiary alicyclic amines) is 1. The van der Waals surface area contributed by atoms with E-state index in [2.05, 4.69) is 77.7 Å². The summed E-state index contributed by atoms with van der Waals surface area (Å²) in [6, 6.07) is 33.4. The van der Waals surface area contributed by atoms with Gasteiger partial charge in [-0.15, -0.1) is 0 Å². The second kappa shape index (κ2) is 16.5. The minimum Gasteiger partial charge on any atom is -0.508 e. The van der Waals surface area contributed by atoms with Gasteiger partial charge in [-0.1, -0.05) is 60.7 Å². The Balaban J connectivity index is 0.780. The van der Waals surface area contributed by atoms with Crippen LogP contribution in [0.5, 0.6) is 17.2 Å². The van der Waals surface area contributed by atoms with Crippen molar-refractivity contribution < 1.29 is 29.0 Å². The van der Waals surface area contributed by atoms with E-state index in [0.717, 1.165) is 68.9 Å². The topological polar surface area (TPSA) is 99.6 Å². The molecule has 55 heavy (non-hydrogen) atoms. The first kappa shape index (κ1) is 36.6. The van der Waals surface area contributed by atoms with Gasteiger partial charge in [-0.25, -0.2) is 5.01 Å². The molecule has 2 atom stereocenters. The van der Waals surface area contributed by atoms with Gasteiger partial charge in [0.1, 0.15) is 29.6 Å². The van der Waals surface area contributed by atoms with Crippen molar-refractivity contribution in [3.05, 3.63) is 137 Å². The third-order valence-electron chi connectivity index (χ3n) is 11.7. The van der Waals surface area contributed by atoms with Gasteiger partial charge in [-0.2, -0.15) is 5.01 Å². The molecule has 4 aromatic carbocycles. The molecule has 1 aliphatic carbocycles. The van der Waals surface area contributed by atoms with Crippen molar-refractivity contribution in [2.24, 2.45) is 0 Å². The number of carbonyl (C=O) groups is 3. The lowest BCUT2D eigenvalue weighted by Gasteiger charge is -2.35. The normalized spacial score (nSPS) is 20.7. The van der Waals surface area contributed by atoms with Crippen molar-refractivity contribution in [1.29, 1.82) is 0 Å². The standard InChI is InChI=1S/C46H49N3O6/c50-37-17-21-42-36(28-37)16-20-41(33-8-2-1-3-9-33)46(42)34-14-18-38(19-15-34)54-27-5-4-24-47-25-22-32(23-26-47)35-10-6-11-39(29-35)55-40-30-45(53)48(31-40)49-43(51)12-7-13-44(49)52/h1-3,6,8-11,14-15,17-19,21,28-30,32,41,46,50H,4-5,7,12-13,16,20,22-27,31H2/t41-,46+/m1/s1. The number of aromatic hydroxyl groups is 1. The van der Waals surface area contributed by atoms with E-state index in [-0.39, 0.29) is 37.1 Å². The van der Waals surface area contributed by atoms with E-state index >= 15 is 0 Å². The SMILES string of the molecule is O=C1C=C(Oc2cccc(C3CCN(CCCCOc4ccc([C@@H]5c6ccc(O)cc6CC[C@@H]5c5ccccc5)cc4)CC3)c2)CN1N1C(=O)CCCC1=O. The van der Waals surface area contributed by atoms with Crippen molar-refractivity contribution in [2.75, 3.05) is 32.8 Å². The smallest absolute Gasteiger partial charge is 0.269 e. The Hall–Kier alpha value is -5.41. The van der Waals surface area contributed by atoms with Gasteiger partial charge in [0.05, 0.1) is 6.61 Å². The van der Waals surface area contributed by atoms with Gasteiger partial charge in [0, 0.05) is 24.8 Å². The zero-order chi connectivity index (χ0) is 37.7. The summed E-state index contributed by atoms with van der Waals surface area (Å²) in [6.07, 6.45) is 8.62. The number of ether oxygens (including phenoxy) is 2. The van der Waals surface area contributed by atoms with Crippen LogP contribution in [0, 0.1) is 0 Å². The maximum absolute atomic E-state index is 12.6. The van der Waals surface area contributed by atoms with E-state index in [1.54, 1.807) is 0 Å². The number of aryl methyl sites for hydroxylation is 1. The fourth-order valence-corrected chi connectivity index (χ4v) is 8.88. The number of benzene rings is 4. The number of piperidine rings is 2. The number of fused-ring (bicyclic) bond motifs is 1. The molecule has 284 valence electrons. The molecule has 0 radical (unpaired) electrons. The molecule has 0 aromatic heterocycles. The number of nitrogens with zero attached hydrogens (tertiary/aromatic N) is 3. The van der Waals surface area contributed by atoms with Crippen LogP contribution in [0.25, 0.3) is 0 Å². The van der Waals surface area contributed by atoms with Crippen LogP contribution in [0.3, 0.4) is 0 Å². The number of phenolic OH excluding ortho intramolecular Hbond substituents is 1. The highest BCUT2D eigenvalue weighted by atomic mass is 16.5. The second-order valence-electron chi connectivity index (χ2n) is 15.3. The lowest BCUT2D eigenvalue weighted by Crippen LogP contribution is -2.52. The number of hydrogen-bond acceptors (Lipinski definition) is 7. The van der Waals surface area contributed by atoms with E-state index < -0.39 is 5.91 Å². The van der Waals surface area contributed by atoms with Crippen LogP contribution in [0.1, 0.15) is 96.9 Å². The first-order chi connectivity index (χ1) is 26.9. The summed E-state index contributed by atoms with van der Waals surface area (Å²) in [4.78, 5) is 39.9. The van der Waals surface area contributed by atoms with Gasteiger partial charge in [-0.3, -0.25) is 14.4 Å². The van der Waals surface area contributed by atoms with Crippen molar-refractivity contribution in [3.63, 3.8) is 0 Å². The second-order valence-corrected chi connectivity index (χ2v) is 15.3. The third kappa shape index (κ3) is 8.32. The number of imide groups is 1. The Morgan fingerprint density at radius 3 is 2.25 bits per heavy atom. The maximum Gasteiger partial charge on any atom is 0.269 e. The predicted molar refractivity (Wildman–Crippen MR) is 210 cm³/mol. The summed E-state index contributed by atoms with van der Waals surface area (Å²) in [5, 5.41) is 12.3. The van der Waals surface area contributed by atoms with Crippen molar-refractivity contribution in [3.8, 4) is 17.2 Å². The maximum atomic E-state index is 12.6. The Morgan fingerprint density at radius 2 is 1.47 bits per heavy atom. The highest BCUT2D eigenvalue weighted by molar-refractivity contribution is 6.01. The Kier molecular flexibility index (Phi) is 11.0. The van der Waals surface area contributed by atoms with Crippen LogP contribution in [-0.2, 0) is 20.8 Å². The van der Waals surface area contributed by atoms with E-state index in [0.29, 0.717) is 42.1 Å². The van der Waals surface area contributed by atoms with E-state index in [9.17, 15) is 19.5 Å². The number of hydrazine groups is 1. The molecule has 2 fully saturated rings. The number of hydrogen-bond donors (Lipinski definition) is 1. The lowest BCUT2D eigenvalue weighted by molar-refractivity contribution is -0.172. The quantitative estimate of drug-likeness (QED) is 0.117. The van der Waals surface area contributed by atoms with E-state index in [1.807, 2.05) is 24.3 Å². The largest absolute Gasteiger partial charge is 0.508 e.